The lowest BCUT2D eigenvalue weighted by atomic mass is 9.99. The van der Waals surface area contributed by atoms with Gasteiger partial charge in [0.2, 0.25) is 5.89 Å². The first-order valence-electron chi connectivity index (χ1n) is 9.90. The quantitative estimate of drug-likeness (QED) is 0.423. The van der Waals surface area contributed by atoms with Crippen molar-refractivity contribution in [3.8, 4) is 11.5 Å². The van der Waals surface area contributed by atoms with Crippen LogP contribution in [0.2, 0.25) is 5.15 Å². The molecular weight excluding hydrogens is 432 g/mol. The molecule has 1 amide bonds. The van der Waals surface area contributed by atoms with Crippen LogP contribution in [0.15, 0.2) is 59.5 Å². The molecule has 1 unspecified atom stereocenters. The molecule has 5 aromatic rings. The van der Waals surface area contributed by atoms with E-state index >= 15 is 0 Å². The van der Waals surface area contributed by atoms with Crippen molar-refractivity contribution >= 4 is 23.0 Å². The van der Waals surface area contributed by atoms with Gasteiger partial charge in [0.25, 0.3) is 0 Å². The van der Waals surface area contributed by atoms with E-state index in [4.69, 9.17) is 16.0 Å². The maximum absolute atomic E-state index is 13.5. The molecule has 6 heterocycles. The average molecular weight is 447 g/mol. The molecule has 158 valence electrons. The van der Waals surface area contributed by atoms with Crippen molar-refractivity contribution in [2.75, 3.05) is 6.54 Å². The van der Waals surface area contributed by atoms with Crippen LogP contribution in [0.4, 0.5) is 0 Å². The Labute approximate surface area is 185 Å². The Kier molecular flexibility index (Phi) is 4.25. The summed E-state index contributed by atoms with van der Waals surface area (Å²) in [5.74, 6) is -0.265. The Hall–Kier alpha value is -4.05. The maximum Gasteiger partial charge on any atom is 0.312 e. The molecule has 6 rings (SSSR count). The van der Waals surface area contributed by atoms with E-state index in [0.717, 1.165) is 16.9 Å². The first-order valence-corrected chi connectivity index (χ1v) is 10.3. The summed E-state index contributed by atoms with van der Waals surface area (Å²) in [6.45, 7) is 0.435. The van der Waals surface area contributed by atoms with Gasteiger partial charge >= 0.3 is 11.8 Å². The molecule has 1 aliphatic heterocycles. The number of carbonyl (C=O) groups excluding carboxylic acids is 1. The lowest BCUT2D eigenvalue weighted by Gasteiger charge is -2.32. The first kappa shape index (κ1) is 18.7. The second kappa shape index (κ2) is 7.27. The molecule has 1 aliphatic rings. The number of nitrogens with one attached hydrogen (secondary N) is 1. The van der Waals surface area contributed by atoms with Gasteiger partial charge in [-0.1, -0.05) is 17.7 Å². The molecule has 11 heteroatoms. The van der Waals surface area contributed by atoms with E-state index < -0.39 is 11.9 Å². The van der Waals surface area contributed by atoms with Crippen molar-refractivity contribution in [2.24, 2.45) is 0 Å². The summed E-state index contributed by atoms with van der Waals surface area (Å²) in [5.41, 5.74) is 3.80. The summed E-state index contributed by atoms with van der Waals surface area (Å²) in [6.07, 6.45) is 5.49. The maximum atomic E-state index is 13.5. The zero-order valence-electron chi connectivity index (χ0n) is 16.5. The summed E-state index contributed by atoms with van der Waals surface area (Å²) >= 11 is 6.30. The van der Waals surface area contributed by atoms with Crippen LogP contribution in [0, 0.1) is 0 Å². The van der Waals surface area contributed by atoms with Crippen molar-refractivity contribution in [1.29, 1.82) is 0 Å². The predicted octanol–water partition coefficient (Wildman–Crippen LogP) is 2.94. The smallest absolute Gasteiger partial charge is 0.312 e. The molecule has 1 N–H and O–H groups in total. The largest absolute Gasteiger partial charge is 0.412 e. The molecule has 32 heavy (non-hydrogen) atoms. The highest BCUT2D eigenvalue weighted by atomic mass is 35.5. The minimum Gasteiger partial charge on any atom is -0.412 e. The van der Waals surface area contributed by atoms with E-state index in [9.17, 15) is 4.79 Å². The summed E-state index contributed by atoms with van der Waals surface area (Å²) in [4.78, 5) is 26.8. The van der Waals surface area contributed by atoms with Gasteiger partial charge in [-0.2, -0.15) is 5.10 Å². The van der Waals surface area contributed by atoms with Crippen molar-refractivity contribution in [1.82, 2.24) is 39.7 Å². The Morgan fingerprint density at radius 3 is 3.00 bits per heavy atom. The number of pyridine rings is 2. The summed E-state index contributed by atoms with van der Waals surface area (Å²) in [7, 11) is 0. The third-order valence-corrected chi connectivity index (χ3v) is 5.73. The molecule has 0 aliphatic carbocycles. The van der Waals surface area contributed by atoms with Gasteiger partial charge in [0, 0.05) is 31.1 Å². The predicted molar refractivity (Wildman–Crippen MR) is 113 cm³/mol. The second-order valence-corrected chi connectivity index (χ2v) is 7.71. The number of hydrogen-bond acceptors (Lipinski definition) is 7. The number of carbonyl (C=O) groups is 1. The average Bonchev–Trinajstić information content (AvgIpc) is 3.58. The third kappa shape index (κ3) is 2.95. The monoisotopic (exact) mass is 446 g/mol. The van der Waals surface area contributed by atoms with E-state index in [0.29, 0.717) is 29.4 Å². The fourth-order valence-corrected chi connectivity index (χ4v) is 4.18. The third-order valence-electron chi connectivity index (χ3n) is 5.44. The number of amides is 1. The Balaban J connectivity index is 1.41. The standard InChI is InChI=1S/C21H15ClN8O2/c22-16-5-1-4-13-9-15(28-30(13)16)18-17-14(24-11-25-17)6-8-29(18)21(31)20-27-26-19(32-20)12-3-2-7-23-10-12/h1-5,7,9-11,18H,6,8H2,(H,24,25). The molecule has 5 aromatic heterocycles. The lowest BCUT2D eigenvalue weighted by molar-refractivity contribution is 0.0646. The van der Waals surface area contributed by atoms with E-state index in [2.05, 4.69) is 30.2 Å². The topological polar surface area (TPSA) is 118 Å². The Morgan fingerprint density at radius 1 is 1.22 bits per heavy atom. The van der Waals surface area contributed by atoms with Crippen LogP contribution in [0.25, 0.3) is 17.0 Å². The summed E-state index contributed by atoms with van der Waals surface area (Å²) in [6, 6.07) is 10.4. The van der Waals surface area contributed by atoms with E-state index in [1.54, 1.807) is 46.3 Å². The molecule has 0 saturated heterocycles. The zero-order valence-corrected chi connectivity index (χ0v) is 17.3. The van der Waals surface area contributed by atoms with Crippen LogP contribution in [-0.4, -0.2) is 52.1 Å². The van der Waals surface area contributed by atoms with E-state index in [1.807, 2.05) is 18.2 Å². The molecule has 0 spiro atoms. The number of nitrogens with zero attached hydrogens (tertiary/aromatic N) is 7. The van der Waals surface area contributed by atoms with E-state index in [-0.39, 0.29) is 11.8 Å². The first-order chi connectivity index (χ1) is 15.7. The summed E-state index contributed by atoms with van der Waals surface area (Å²) < 4.78 is 7.32. The Morgan fingerprint density at radius 2 is 2.16 bits per heavy atom. The second-order valence-electron chi connectivity index (χ2n) is 7.33. The number of halogens is 1. The summed E-state index contributed by atoms with van der Waals surface area (Å²) in [5, 5.41) is 13.1. The number of aromatic nitrogens is 7. The molecule has 0 aromatic carbocycles. The number of aromatic amines is 1. The lowest BCUT2D eigenvalue weighted by Crippen LogP contribution is -2.41. The fourth-order valence-electron chi connectivity index (χ4n) is 3.97. The van der Waals surface area contributed by atoms with Crippen LogP contribution in [-0.2, 0) is 6.42 Å². The number of hydrogen-bond donors (Lipinski definition) is 1. The highest BCUT2D eigenvalue weighted by Crippen LogP contribution is 2.34. The van der Waals surface area contributed by atoms with Crippen molar-refractivity contribution in [3.63, 3.8) is 0 Å². The molecule has 1 atom stereocenters. The normalized spacial score (nSPS) is 15.8. The SMILES string of the molecule is O=C(c1nnc(-c2cccnc2)o1)N1CCc2[nH]cnc2C1c1cc2cccc(Cl)n2n1. The van der Waals surface area contributed by atoms with Crippen LogP contribution in [0.3, 0.4) is 0 Å². The zero-order chi connectivity index (χ0) is 21.7. The molecule has 0 radical (unpaired) electrons. The number of imidazole rings is 1. The van der Waals surface area contributed by atoms with E-state index in [1.165, 1.54) is 0 Å². The molecule has 0 fully saturated rings. The molecule has 10 nitrogen and oxygen atoms in total. The van der Waals surface area contributed by atoms with Gasteiger partial charge in [-0.3, -0.25) is 9.78 Å². The fraction of sp³-hybridized carbons (Fsp3) is 0.143. The van der Waals surface area contributed by atoms with Crippen molar-refractivity contribution in [3.05, 3.63) is 83.2 Å². The van der Waals surface area contributed by atoms with Crippen LogP contribution in [0.5, 0.6) is 0 Å². The number of fused-ring (bicyclic) bond motifs is 2. The minimum atomic E-state index is -0.526. The van der Waals surface area contributed by atoms with Gasteiger partial charge in [0.15, 0.2) is 0 Å². The van der Waals surface area contributed by atoms with Gasteiger partial charge in [-0.25, -0.2) is 9.50 Å². The Bertz CT molecular complexity index is 1440. The van der Waals surface area contributed by atoms with Gasteiger partial charge in [0.05, 0.1) is 28.8 Å². The molecule has 0 bridgehead atoms. The van der Waals surface area contributed by atoms with Crippen molar-refractivity contribution in [2.45, 2.75) is 12.5 Å². The van der Waals surface area contributed by atoms with Gasteiger partial charge in [-0.15, -0.1) is 10.2 Å². The van der Waals surface area contributed by atoms with Gasteiger partial charge in [-0.05, 0) is 30.3 Å². The highest BCUT2D eigenvalue weighted by Gasteiger charge is 2.38. The van der Waals surface area contributed by atoms with Crippen LogP contribution < -0.4 is 0 Å². The number of H-pyrrole nitrogens is 1. The highest BCUT2D eigenvalue weighted by molar-refractivity contribution is 6.29. The van der Waals surface area contributed by atoms with Gasteiger partial charge < -0.3 is 14.3 Å². The molecule has 0 saturated carbocycles. The minimum absolute atomic E-state index is 0.102. The van der Waals surface area contributed by atoms with Crippen molar-refractivity contribution < 1.29 is 9.21 Å². The van der Waals surface area contributed by atoms with Crippen LogP contribution in [0.1, 0.15) is 33.8 Å². The number of rotatable bonds is 3. The van der Waals surface area contributed by atoms with Crippen LogP contribution >= 0.6 is 11.6 Å². The molecular formula is C21H15ClN8O2. The van der Waals surface area contributed by atoms with Gasteiger partial charge in [0.1, 0.15) is 11.2 Å².